The molecule has 2 aromatic rings. The van der Waals surface area contributed by atoms with Gasteiger partial charge in [0.1, 0.15) is 0 Å². The van der Waals surface area contributed by atoms with E-state index >= 15 is 0 Å². The van der Waals surface area contributed by atoms with Crippen molar-refractivity contribution in [2.45, 2.75) is 26.4 Å². The minimum atomic E-state index is -0.634. The van der Waals surface area contributed by atoms with Crippen LogP contribution in [0.15, 0.2) is 41.2 Å². The third-order valence-corrected chi connectivity index (χ3v) is 3.40. The summed E-state index contributed by atoms with van der Waals surface area (Å²) in [6, 6.07) is 7.18. The van der Waals surface area contributed by atoms with E-state index in [2.05, 4.69) is 10.6 Å². The van der Waals surface area contributed by atoms with Crippen molar-refractivity contribution >= 4 is 11.7 Å². The first-order chi connectivity index (χ1) is 10.1. The van der Waals surface area contributed by atoms with Crippen molar-refractivity contribution in [1.82, 2.24) is 5.32 Å². The van der Waals surface area contributed by atoms with Crippen LogP contribution in [0.1, 0.15) is 29.2 Å². The number of amides is 2. The summed E-state index contributed by atoms with van der Waals surface area (Å²) in [6.07, 6.45) is 2.81. The zero-order valence-corrected chi connectivity index (χ0v) is 12.2. The van der Waals surface area contributed by atoms with Crippen LogP contribution in [-0.4, -0.2) is 17.7 Å². The highest BCUT2D eigenvalue weighted by molar-refractivity contribution is 5.89. The van der Waals surface area contributed by atoms with Crippen molar-refractivity contribution in [3.8, 4) is 0 Å². The fraction of sp³-hybridized carbons (Fsp3) is 0.312. The van der Waals surface area contributed by atoms with Gasteiger partial charge in [0, 0.05) is 17.8 Å². The predicted octanol–water partition coefficient (Wildman–Crippen LogP) is 3.14. The van der Waals surface area contributed by atoms with Gasteiger partial charge in [0.2, 0.25) is 0 Å². The Hall–Kier alpha value is -2.27. The average molecular weight is 288 g/mol. The first kappa shape index (κ1) is 15.1. The summed E-state index contributed by atoms with van der Waals surface area (Å²) in [7, 11) is 0. The minimum Gasteiger partial charge on any atom is -0.472 e. The van der Waals surface area contributed by atoms with Crippen molar-refractivity contribution in [3.05, 3.63) is 53.5 Å². The van der Waals surface area contributed by atoms with Crippen molar-refractivity contribution in [3.63, 3.8) is 0 Å². The van der Waals surface area contributed by atoms with Crippen LogP contribution in [-0.2, 0) is 0 Å². The van der Waals surface area contributed by atoms with Crippen LogP contribution >= 0.6 is 0 Å². The molecule has 0 aliphatic heterocycles. The van der Waals surface area contributed by atoms with Crippen LogP contribution in [0.3, 0.4) is 0 Å². The second-order valence-corrected chi connectivity index (χ2v) is 5.04. The summed E-state index contributed by atoms with van der Waals surface area (Å²) in [5, 5.41) is 15.3. The van der Waals surface area contributed by atoms with Crippen LogP contribution in [0.25, 0.3) is 0 Å². The van der Waals surface area contributed by atoms with Crippen LogP contribution < -0.4 is 10.6 Å². The molecule has 5 heteroatoms. The van der Waals surface area contributed by atoms with Crippen molar-refractivity contribution in [2.75, 3.05) is 11.9 Å². The molecular weight excluding hydrogens is 268 g/mol. The molecule has 1 aromatic carbocycles. The Morgan fingerprint density at radius 3 is 2.76 bits per heavy atom. The number of urea groups is 1. The smallest absolute Gasteiger partial charge is 0.319 e. The summed E-state index contributed by atoms with van der Waals surface area (Å²) in [5.41, 5.74) is 3.78. The van der Waals surface area contributed by atoms with E-state index in [9.17, 15) is 9.90 Å². The largest absolute Gasteiger partial charge is 0.472 e. The second-order valence-electron chi connectivity index (χ2n) is 5.04. The molecule has 3 N–H and O–H groups in total. The molecule has 0 saturated heterocycles. The number of rotatable bonds is 5. The van der Waals surface area contributed by atoms with Crippen LogP contribution in [0.4, 0.5) is 10.5 Å². The highest BCUT2D eigenvalue weighted by Crippen LogP contribution is 2.16. The molecule has 0 unspecified atom stereocenters. The molecule has 0 spiro atoms. The Morgan fingerprint density at radius 2 is 2.10 bits per heavy atom. The SMILES string of the molecule is Cc1ccc(NC(=O)NCC[C@H](O)c2ccoc2)cc1C. The molecule has 112 valence electrons. The van der Waals surface area contributed by atoms with Crippen molar-refractivity contribution in [1.29, 1.82) is 0 Å². The molecule has 5 nitrogen and oxygen atoms in total. The lowest BCUT2D eigenvalue weighted by Crippen LogP contribution is -2.30. The van der Waals surface area contributed by atoms with Crippen molar-refractivity contribution < 1.29 is 14.3 Å². The topological polar surface area (TPSA) is 74.5 Å². The van der Waals surface area contributed by atoms with E-state index in [0.717, 1.165) is 11.3 Å². The van der Waals surface area contributed by atoms with Gasteiger partial charge in [-0.15, -0.1) is 0 Å². The van der Waals surface area contributed by atoms with E-state index in [4.69, 9.17) is 4.42 Å². The van der Waals surface area contributed by atoms with E-state index in [-0.39, 0.29) is 6.03 Å². The first-order valence-electron chi connectivity index (χ1n) is 6.88. The van der Waals surface area contributed by atoms with E-state index in [1.54, 1.807) is 6.07 Å². The van der Waals surface area contributed by atoms with Gasteiger partial charge in [-0.3, -0.25) is 0 Å². The van der Waals surface area contributed by atoms with E-state index < -0.39 is 6.10 Å². The maximum atomic E-state index is 11.8. The maximum absolute atomic E-state index is 11.8. The molecule has 0 saturated carbocycles. The van der Waals surface area contributed by atoms with Gasteiger partial charge in [0.05, 0.1) is 18.6 Å². The Balaban J connectivity index is 1.76. The fourth-order valence-electron chi connectivity index (χ4n) is 1.95. The zero-order chi connectivity index (χ0) is 15.2. The monoisotopic (exact) mass is 288 g/mol. The Morgan fingerprint density at radius 1 is 1.29 bits per heavy atom. The highest BCUT2D eigenvalue weighted by Gasteiger charge is 2.09. The van der Waals surface area contributed by atoms with Gasteiger partial charge in [-0.2, -0.15) is 0 Å². The minimum absolute atomic E-state index is 0.280. The van der Waals surface area contributed by atoms with Crippen LogP contribution in [0, 0.1) is 13.8 Å². The number of nitrogens with one attached hydrogen (secondary N) is 2. The molecule has 0 aliphatic rings. The first-order valence-corrected chi connectivity index (χ1v) is 6.88. The lowest BCUT2D eigenvalue weighted by molar-refractivity contribution is 0.166. The van der Waals surface area contributed by atoms with Crippen molar-refractivity contribution in [2.24, 2.45) is 0 Å². The molecular formula is C16H20N2O3. The van der Waals surface area contributed by atoms with E-state index in [1.165, 1.54) is 18.1 Å². The Labute approximate surface area is 124 Å². The average Bonchev–Trinajstić information content (AvgIpc) is 2.97. The fourth-order valence-corrected chi connectivity index (χ4v) is 1.95. The van der Waals surface area contributed by atoms with Gasteiger partial charge in [0.25, 0.3) is 0 Å². The summed E-state index contributed by atoms with van der Waals surface area (Å²) >= 11 is 0. The molecule has 2 amide bonds. The number of benzene rings is 1. The Bertz CT molecular complexity index is 594. The highest BCUT2D eigenvalue weighted by atomic mass is 16.3. The molecule has 0 radical (unpaired) electrons. The number of anilines is 1. The Kier molecular flexibility index (Phi) is 5.00. The maximum Gasteiger partial charge on any atom is 0.319 e. The zero-order valence-electron chi connectivity index (χ0n) is 12.2. The molecule has 0 fully saturated rings. The standard InChI is InChI=1S/C16H20N2O3/c1-11-3-4-14(9-12(11)2)18-16(20)17-7-5-15(19)13-6-8-21-10-13/h3-4,6,8-10,15,19H,5,7H2,1-2H3,(H2,17,18,20)/t15-/m0/s1. The summed E-state index contributed by atoms with van der Waals surface area (Å²) in [5.74, 6) is 0. The van der Waals surface area contributed by atoms with Gasteiger partial charge >= 0.3 is 6.03 Å². The number of hydrogen-bond acceptors (Lipinski definition) is 3. The molecule has 1 aromatic heterocycles. The third kappa shape index (κ3) is 4.36. The molecule has 0 aliphatic carbocycles. The number of aliphatic hydroxyl groups is 1. The second kappa shape index (κ2) is 6.95. The van der Waals surface area contributed by atoms with Gasteiger partial charge in [-0.05, 0) is 49.6 Å². The third-order valence-electron chi connectivity index (χ3n) is 3.40. The number of carbonyl (C=O) groups is 1. The van der Waals surface area contributed by atoms with Crippen LogP contribution in [0.2, 0.25) is 0 Å². The lowest BCUT2D eigenvalue weighted by atomic mass is 10.1. The van der Waals surface area contributed by atoms with Gasteiger partial charge < -0.3 is 20.2 Å². The molecule has 21 heavy (non-hydrogen) atoms. The lowest BCUT2D eigenvalue weighted by Gasteiger charge is -2.11. The van der Waals surface area contributed by atoms with Gasteiger partial charge in [-0.25, -0.2) is 4.79 Å². The van der Waals surface area contributed by atoms with Gasteiger partial charge in [0.15, 0.2) is 0 Å². The molecule has 0 bridgehead atoms. The summed E-state index contributed by atoms with van der Waals surface area (Å²) in [6.45, 7) is 4.40. The molecule has 2 rings (SSSR count). The number of carbonyl (C=O) groups excluding carboxylic acids is 1. The number of aryl methyl sites for hydroxylation is 2. The predicted molar refractivity (Wildman–Crippen MR) is 81.2 cm³/mol. The number of hydrogen-bond donors (Lipinski definition) is 3. The summed E-state index contributed by atoms with van der Waals surface area (Å²) in [4.78, 5) is 11.8. The summed E-state index contributed by atoms with van der Waals surface area (Å²) < 4.78 is 4.90. The molecule has 1 heterocycles. The molecule has 1 atom stereocenters. The normalized spacial score (nSPS) is 12.0. The number of aliphatic hydroxyl groups excluding tert-OH is 1. The van der Waals surface area contributed by atoms with E-state index in [0.29, 0.717) is 18.5 Å². The van der Waals surface area contributed by atoms with E-state index in [1.807, 2.05) is 32.0 Å². The quantitative estimate of drug-likeness (QED) is 0.791. The number of furan rings is 1. The van der Waals surface area contributed by atoms with Crippen LogP contribution in [0.5, 0.6) is 0 Å². The van der Waals surface area contributed by atoms with Gasteiger partial charge in [-0.1, -0.05) is 6.07 Å².